The molecule has 1 saturated heterocycles. The van der Waals surface area contributed by atoms with E-state index in [4.69, 9.17) is 14.5 Å². The van der Waals surface area contributed by atoms with Gasteiger partial charge in [-0.3, -0.25) is 4.99 Å². The molecule has 6 heteroatoms. The van der Waals surface area contributed by atoms with Crippen molar-refractivity contribution >= 4 is 29.9 Å². The summed E-state index contributed by atoms with van der Waals surface area (Å²) in [5.41, 5.74) is 1.28. The van der Waals surface area contributed by atoms with Crippen molar-refractivity contribution in [2.45, 2.75) is 19.8 Å². The maximum Gasteiger partial charge on any atom is 0.193 e. The Hall–Kier alpha value is -1.02. The molecule has 0 amide bonds. The van der Waals surface area contributed by atoms with E-state index in [0.29, 0.717) is 5.92 Å². The van der Waals surface area contributed by atoms with Gasteiger partial charge >= 0.3 is 0 Å². The van der Waals surface area contributed by atoms with Gasteiger partial charge in [0.2, 0.25) is 0 Å². The lowest BCUT2D eigenvalue weighted by Crippen LogP contribution is -2.41. The lowest BCUT2D eigenvalue weighted by Gasteiger charge is -2.24. The minimum absolute atomic E-state index is 0. The van der Waals surface area contributed by atoms with Crippen molar-refractivity contribution in [3.63, 3.8) is 0 Å². The number of benzene rings is 1. The molecule has 2 rings (SSSR count). The molecule has 1 aromatic carbocycles. The van der Waals surface area contributed by atoms with E-state index >= 15 is 0 Å². The number of nitrogens with one attached hydrogen (secondary N) is 1. The second-order valence-electron chi connectivity index (χ2n) is 5.94. The van der Waals surface area contributed by atoms with Crippen molar-refractivity contribution in [2.75, 3.05) is 47.0 Å². The molecular formula is C18H30IN3O2. The largest absolute Gasteiger partial charge is 0.497 e. The van der Waals surface area contributed by atoms with Crippen LogP contribution in [0.15, 0.2) is 29.3 Å². The van der Waals surface area contributed by atoms with Gasteiger partial charge in [-0.2, -0.15) is 0 Å². The highest BCUT2D eigenvalue weighted by atomic mass is 127. The second kappa shape index (κ2) is 11.5. The van der Waals surface area contributed by atoms with Crippen molar-refractivity contribution in [3.05, 3.63) is 29.8 Å². The zero-order valence-electron chi connectivity index (χ0n) is 15.0. The van der Waals surface area contributed by atoms with E-state index in [0.717, 1.165) is 57.4 Å². The number of hydrogen-bond acceptors (Lipinski definition) is 3. The highest BCUT2D eigenvalue weighted by Gasteiger charge is 2.18. The molecule has 0 saturated carbocycles. The summed E-state index contributed by atoms with van der Waals surface area (Å²) in [5.74, 6) is 2.49. The average molecular weight is 447 g/mol. The standard InChI is InChI=1S/C18H29N3O2.HI/c1-4-19-18(21(2)13-16-10-12-23-14-16)20-11-9-15-5-7-17(22-3)8-6-15;/h5-8,16H,4,9-14H2,1-3H3,(H,19,20);1H. The molecule has 0 aliphatic carbocycles. The van der Waals surface area contributed by atoms with E-state index in [1.807, 2.05) is 12.1 Å². The van der Waals surface area contributed by atoms with Crippen LogP contribution < -0.4 is 10.1 Å². The molecule has 0 bridgehead atoms. The van der Waals surface area contributed by atoms with Gasteiger partial charge in [-0.15, -0.1) is 24.0 Å². The Morgan fingerprint density at radius 1 is 1.38 bits per heavy atom. The van der Waals surface area contributed by atoms with Crippen LogP contribution in [-0.2, 0) is 11.2 Å². The summed E-state index contributed by atoms with van der Waals surface area (Å²) in [6, 6.07) is 8.19. The van der Waals surface area contributed by atoms with Crippen LogP contribution in [0.5, 0.6) is 5.75 Å². The SMILES string of the molecule is CCNC(=NCCc1ccc(OC)cc1)N(C)CC1CCOC1.I. The Kier molecular flexibility index (Phi) is 10.1. The number of halogens is 1. The molecular weight excluding hydrogens is 417 g/mol. The van der Waals surface area contributed by atoms with E-state index in [-0.39, 0.29) is 24.0 Å². The highest BCUT2D eigenvalue weighted by molar-refractivity contribution is 14.0. The predicted molar refractivity (Wildman–Crippen MR) is 110 cm³/mol. The highest BCUT2D eigenvalue weighted by Crippen LogP contribution is 2.14. The Labute approximate surface area is 162 Å². The summed E-state index contributed by atoms with van der Waals surface area (Å²) in [6.07, 6.45) is 2.08. The molecule has 5 nitrogen and oxygen atoms in total. The fourth-order valence-corrected chi connectivity index (χ4v) is 2.75. The van der Waals surface area contributed by atoms with Crippen LogP contribution >= 0.6 is 24.0 Å². The average Bonchev–Trinajstić information content (AvgIpc) is 3.07. The van der Waals surface area contributed by atoms with Gasteiger partial charge in [-0.05, 0) is 37.5 Å². The molecule has 0 spiro atoms. The Balaban J connectivity index is 0.00000288. The summed E-state index contributed by atoms with van der Waals surface area (Å²) in [6.45, 7) is 6.52. The molecule has 1 heterocycles. The van der Waals surface area contributed by atoms with Crippen molar-refractivity contribution < 1.29 is 9.47 Å². The van der Waals surface area contributed by atoms with E-state index in [1.54, 1.807) is 7.11 Å². The third-order valence-corrected chi connectivity index (χ3v) is 4.07. The van der Waals surface area contributed by atoms with E-state index in [1.165, 1.54) is 5.56 Å². The first-order valence-electron chi connectivity index (χ1n) is 8.43. The van der Waals surface area contributed by atoms with Gasteiger partial charge in [0.05, 0.1) is 13.7 Å². The molecule has 1 unspecified atom stereocenters. The van der Waals surface area contributed by atoms with E-state index in [2.05, 4.69) is 36.3 Å². The number of ether oxygens (including phenoxy) is 2. The summed E-state index contributed by atoms with van der Waals surface area (Å²) in [5, 5.41) is 3.38. The van der Waals surface area contributed by atoms with E-state index < -0.39 is 0 Å². The molecule has 0 radical (unpaired) electrons. The fourth-order valence-electron chi connectivity index (χ4n) is 2.75. The van der Waals surface area contributed by atoms with Crippen molar-refractivity contribution in [2.24, 2.45) is 10.9 Å². The molecule has 1 N–H and O–H groups in total. The summed E-state index contributed by atoms with van der Waals surface area (Å²) >= 11 is 0. The number of methoxy groups -OCH3 is 1. The lowest BCUT2D eigenvalue weighted by molar-refractivity contribution is 0.181. The first kappa shape index (κ1) is 21.0. The molecule has 1 aliphatic rings. The number of aliphatic imine (C=N–C) groups is 1. The van der Waals surface area contributed by atoms with Crippen molar-refractivity contribution in [1.29, 1.82) is 0 Å². The first-order valence-corrected chi connectivity index (χ1v) is 8.43. The van der Waals surface area contributed by atoms with Gasteiger partial charge in [0.25, 0.3) is 0 Å². The topological polar surface area (TPSA) is 46.1 Å². The number of hydrogen-bond donors (Lipinski definition) is 1. The number of rotatable bonds is 7. The van der Waals surface area contributed by atoms with Crippen LogP contribution in [0.25, 0.3) is 0 Å². The van der Waals surface area contributed by atoms with Crippen LogP contribution in [0, 0.1) is 5.92 Å². The van der Waals surface area contributed by atoms with Crippen molar-refractivity contribution in [1.82, 2.24) is 10.2 Å². The monoisotopic (exact) mass is 447 g/mol. The summed E-state index contributed by atoms with van der Waals surface area (Å²) < 4.78 is 10.6. The number of guanidine groups is 1. The van der Waals surface area contributed by atoms with Crippen LogP contribution in [0.4, 0.5) is 0 Å². The molecule has 136 valence electrons. The van der Waals surface area contributed by atoms with Gasteiger partial charge in [0, 0.05) is 39.2 Å². The second-order valence-corrected chi connectivity index (χ2v) is 5.94. The van der Waals surface area contributed by atoms with E-state index in [9.17, 15) is 0 Å². The Bertz CT molecular complexity index is 488. The molecule has 1 atom stereocenters. The van der Waals surface area contributed by atoms with Gasteiger partial charge in [0.15, 0.2) is 5.96 Å². The van der Waals surface area contributed by atoms with Gasteiger partial charge < -0.3 is 19.7 Å². The molecule has 1 fully saturated rings. The molecule has 24 heavy (non-hydrogen) atoms. The zero-order chi connectivity index (χ0) is 16.5. The summed E-state index contributed by atoms with van der Waals surface area (Å²) in [7, 11) is 3.79. The first-order chi connectivity index (χ1) is 11.2. The Morgan fingerprint density at radius 3 is 2.71 bits per heavy atom. The van der Waals surface area contributed by atoms with Gasteiger partial charge in [-0.1, -0.05) is 12.1 Å². The quantitative estimate of drug-likeness (QED) is 0.397. The molecule has 1 aliphatic heterocycles. The van der Waals surface area contributed by atoms with Crippen molar-refractivity contribution in [3.8, 4) is 5.75 Å². The fraction of sp³-hybridized carbons (Fsp3) is 0.611. The van der Waals surface area contributed by atoms with Gasteiger partial charge in [0.1, 0.15) is 5.75 Å². The zero-order valence-corrected chi connectivity index (χ0v) is 17.3. The number of nitrogens with zero attached hydrogens (tertiary/aromatic N) is 2. The maximum absolute atomic E-state index is 5.46. The Morgan fingerprint density at radius 2 is 2.12 bits per heavy atom. The minimum atomic E-state index is 0. The third-order valence-electron chi connectivity index (χ3n) is 4.07. The maximum atomic E-state index is 5.46. The third kappa shape index (κ3) is 6.84. The molecule has 1 aromatic rings. The minimum Gasteiger partial charge on any atom is -0.497 e. The lowest BCUT2D eigenvalue weighted by atomic mass is 10.1. The summed E-state index contributed by atoms with van der Waals surface area (Å²) in [4.78, 5) is 6.97. The van der Waals surface area contributed by atoms with Gasteiger partial charge in [-0.25, -0.2) is 0 Å². The van der Waals surface area contributed by atoms with Crippen LogP contribution in [0.3, 0.4) is 0 Å². The normalized spacial score (nSPS) is 17.3. The smallest absolute Gasteiger partial charge is 0.193 e. The predicted octanol–water partition coefficient (Wildman–Crippen LogP) is 2.79. The van der Waals surface area contributed by atoms with Crippen LogP contribution in [-0.4, -0.2) is 57.9 Å². The van der Waals surface area contributed by atoms with Crippen LogP contribution in [0.1, 0.15) is 18.9 Å². The van der Waals surface area contributed by atoms with Crippen LogP contribution in [0.2, 0.25) is 0 Å². The molecule has 0 aromatic heterocycles.